The van der Waals surface area contributed by atoms with Gasteiger partial charge in [0.1, 0.15) is 5.82 Å². The van der Waals surface area contributed by atoms with Crippen LogP contribution in [-0.4, -0.2) is 44.0 Å². The molecule has 7 nitrogen and oxygen atoms in total. The molecule has 1 amide bonds. The lowest BCUT2D eigenvalue weighted by Gasteiger charge is -2.32. The highest BCUT2D eigenvalue weighted by Gasteiger charge is 2.74. The fourth-order valence-corrected chi connectivity index (χ4v) is 4.47. The number of anilines is 2. The monoisotopic (exact) mass is 387 g/mol. The minimum atomic E-state index is -2.12. The minimum absolute atomic E-state index is 0.0338. The highest BCUT2D eigenvalue weighted by Crippen LogP contribution is 2.75. The van der Waals surface area contributed by atoms with E-state index in [9.17, 15) is 18.7 Å². The molecule has 0 spiro atoms. The number of aromatic nitrogens is 1. The van der Waals surface area contributed by atoms with Crippen LogP contribution in [-0.2, 0) is 15.9 Å². The van der Waals surface area contributed by atoms with Crippen LogP contribution in [0.2, 0.25) is 0 Å². The maximum Gasteiger partial charge on any atom is 0.232 e. The smallest absolute Gasteiger partial charge is 0.232 e. The number of hydrogen-bond acceptors (Lipinski definition) is 5. The molecule has 1 atom stereocenters. The first-order valence-corrected chi connectivity index (χ1v) is 10.4. The number of benzene rings is 1. The van der Waals surface area contributed by atoms with Gasteiger partial charge in [-0.25, -0.2) is 9.19 Å². The molecule has 5 rings (SSSR count). The first-order chi connectivity index (χ1) is 13.0. The van der Waals surface area contributed by atoms with E-state index in [-0.39, 0.29) is 22.3 Å². The van der Waals surface area contributed by atoms with Gasteiger partial charge >= 0.3 is 0 Å². The SMILES string of the molecule is O=C(Nc1ccc2c(N3CCC(O)CC3)cc(S(=O)O)cc2n1)C12CC1C2. The Bertz CT molecular complexity index is 965. The fraction of sp³-hybridized carbons (Fsp3) is 0.474. The van der Waals surface area contributed by atoms with E-state index >= 15 is 0 Å². The molecule has 3 fully saturated rings. The number of piperidine rings is 1. The molecule has 3 N–H and O–H groups in total. The van der Waals surface area contributed by atoms with E-state index in [0.29, 0.717) is 43.2 Å². The minimum Gasteiger partial charge on any atom is -0.393 e. The summed E-state index contributed by atoms with van der Waals surface area (Å²) in [5, 5.41) is 13.5. The molecular formula is C19H21N3O4S. The predicted octanol–water partition coefficient (Wildman–Crippen LogP) is 2.12. The quantitative estimate of drug-likeness (QED) is 0.695. The molecule has 1 aromatic carbocycles. The average molecular weight is 387 g/mol. The van der Waals surface area contributed by atoms with Gasteiger partial charge in [-0.3, -0.25) is 4.79 Å². The Kier molecular flexibility index (Phi) is 3.79. The third-order valence-electron chi connectivity index (χ3n) is 6.14. The predicted molar refractivity (Wildman–Crippen MR) is 102 cm³/mol. The molecule has 142 valence electrons. The number of amides is 1. The van der Waals surface area contributed by atoms with Gasteiger partial charge in [0, 0.05) is 24.2 Å². The third-order valence-corrected chi connectivity index (χ3v) is 6.78. The topological polar surface area (TPSA) is 103 Å². The van der Waals surface area contributed by atoms with Gasteiger partial charge in [-0.15, -0.1) is 0 Å². The highest BCUT2D eigenvalue weighted by molar-refractivity contribution is 7.79. The Morgan fingerprint density at radius 3 is 2.59 bits per heavy atom. The number of nitrogens with one attached hydrogen (secondary N) is 1. The first kappa shape index (κ1) is 17.1. The molecule has 2 heterocycles. The third kappa shape index (κ3) is 2.92. The van der Waals surface area contributed by atoms with Crippen LogP contribution in [0.1, 0.15) is 25.7 Å². The van der Waals surface area contributed by atoms with Gasteiger partial charge in [0.15, 0.2) is 11.1 Å². The van der Waals surface area contributed by atoms with Crippen LogP contribution < -0.4 is 10.2 Å². The summed E-state index contributed by atoms with van der Waals surface area (Å²) in [6, 6.07) is 7.00. The van der Waals surface area contributed by atoms with Crippen molar-refractivity contribution in [2.24, 2.45) is 11.3 Å². The Morgan fingerprint density at radius 2 is 1.96 bits per heavy atom. The van der Waals surface area contributed by atoms with Gasteiger partial charge in [0.2, 0.25) is 5.91 Å². The van der Waals surface area contributed by atoms with Crippen molar-refractivity contribution in [3.63, 3.8) is 0 Å². The van der Waals surface area contributed by atoms with Crippen LogP contribution in [0.25, 0.3) is 10.9 Å². The molecule has 0 radical (unpaired) electrons. The number of carbonyl (C=O) groups excluding carboxylic acids is 1. The number of carbonyl (C=O) groups is 1. The van der Waals surface area contributed by atoms with Crippen LogP contribution in [0, 0.1) is 11.3 Å². The summed E-state index contributed by atoms with van der Waals surface area (Å²) >= 11 is -2.12. The summed E-state index contributed by atoms with van der Waals surface area (Å²) in [5.74, 6) is 1.06. The number of aliphatic hydroxyl groups excluding tert-OH is 1. The van der Waals surface area contributed by atoms with Gasteiger partial charge in [-0.05, 0) is 55.9 Å². The van der Waals surface area contributed by atoms with Crippen molar-refractivity contribution in [2.75, 3.05) is 23.3 Å². The van der Waals surface area contributed by atoms with Crippen molar-refractivity contribution < 1.29 is 18.7 Å². The van der Waals surface area contributed by atoms with Crippen LogP contribution in [0.5, 0.6) is 0 Å². The van der Waals surface area contributed by atoms with E-state index in [1.54, 1.807) is 18.2 Å². The van der Waals surface area contributed by atoms with Crippen LogP contribution in [0.3, 0.4) is 0 Å². The largest absolute Gasteiger partial charge is 0.393 e. The van der Waals surface area contributed by atoms with E-state index < -0.39 is 11.1 Å². The van der Waals surface area contributed by atoms with Crippen molar-refractivity contribution >= 4 is 39.4 Å². The Morgan fingerprint density at radius 1 is 1.26 bits per heavy atom. The van der Waals surface area contributed by atoms with Gasteiger partial charge in [0.25, 0.3) is 0 Å². The van der Waals surface area contributed by atoms with E-state index in [2.05, 4.69) is 15.2 Å². The van der Waals surface area contributed by atoms with Gasteiger partial charge in [-0.2, -0.15) is 0 Å². The number of pyridine rings is 1. The van der Waals surface area contributed by atoms with Crippen LogP contribution >= 0.6 is 0 Å². The molecule has 27 heavy (non-hydrogen) atoms. The van der Waals surface area contributed by atoms with Gasteiger partial charge < -0.3 is 19.9 Å². The molecule has 8 heteroatoms. The first-order valence-electron chi connectivity index (χ1n) is 9.26. The number of fused-ring (bicyclic) bond motifs is 2. The van der Waals surface area contributed by atoms with Crippen molar-refractivity contribution in [1.82, 2.24) is 4.98 Å². The van der Waals surface area contributed by atoms with Gasteiger partial charge in [0.05, 0.1) is 21.9 Å². The molecule has 0 bridgehead atoms. The summed E-state index contributed by atoms with van der Waals surface area (Å²) in [7, 11) is 0. The number of hydrogen-bond donors (Lipinski definition) is 3. The van der Waals surface area contributed by atoms with E-state index in [0.717, 1.165) is 23.9 Å². The van der Waals surface area contributed by atoms with Crippen molar-refractivity contribution in [2.45, 2.75) is 36.7 Å². The summed E-state index contributed by atoms with van der Waals surface area (Å²) in [4.78, 5) is 19.3. The lowest BCUT2D eigenvalue weighted by atomic mass is 10.1. The Labute approximate surface area is 159 Å². The second-order valence-electron chi connectivity index (χ2n) is 7.89. The molecule has 1 unspecified atom stereocenters. The lowest BCUT2D eigenvalue weighted by Crippen LogP contribution is -2.36. The second kappa shape index (κ2) is 5.98. The zero-order valence-corrected chi connectivity index (χ0v) is 15.5. The molecule has 2 saturated carbocycles. The summed E-state index contributed by atoms with van der Waals surface area (Å²) in [6.07, 6.45) is 2.99. The van der Waals surface area contributed by atoms with Gasteiger partial charge in [-0.1, -0.05) is 0 Å². The molecule has 1 aromatic heterocycles. The summed E-state index contributed by atoms with van der Waals surface area (Å²) in [5.41, 5.74) is 1.28. The molecular weight excluding hydrogens is 366 g/mol. The highest BCUT2D eigenvalue weighted by atomic mass is 32.2. The second-order valence-corrected chi connectivity index (χ2v) is 8.86. The van der Waals surface area contributed by atoms with Crippen LogP contribution in [0.15, 0.2) is 29.2 Å². The molecule has 1 aliphatic heterocycles. The van der Waals surface area contributed by atoms with Crippen LogP contribution in [0.4, 0.5) is 11.5 Å². The van der Waals surface area contributed by atoms with E-state index in [1.165, 1.54) is 0 Å². The molecule has 2 aromatic rings. The summed E-state index contributed by atoms with van der Waals surface area (Å²) < 4.78 is 21.3. The molecule has 3 aliphatic rings. The summed E-state index contributed by atoms with van der Waals surface area (Å²) in [6.45, 7) is 1.36. The van der Waals surface area contributed by atoms with E-state index in [4.69, 9.17) is 0 Å². The fourth-order valence-electron chi connectivity index (χ4n) is 4.04. The Hall–Kier alpha value is -2.03. The standard InChI is InChI=1S/C19H21N3O4S/c23-12-3-5-22(6-4-12)16-8-13(27(25)26)7-15-14(16)1-2-17(20-15)21-18(24)19-9-11(19)10-19/h1-2,7-8,11-12,23H,3-6,9-10H2,(H,25,26)(H,20,21,24). The number of nitrogens with zero attached hydrogens (tertiary/aromatic N) is 2. The van der Waals surface area contributed by atoms with Crippen molar-refractivity contribution in [3.8, 4) is 0 Å². The molecule has 2 aliphatic carbocycles. The maximum atomic E-state index is 12.3. The average Bonchev–Trinajstić information content (AvgIpc) is 3.51. The zero-order valence-electron chi connectivity index (χ0n) is 14.7. The number of aliphatic hydroxyl groups is 1. The van der Waals surface area contributed by atoms with Crippen molar-refractivity contribution in [1.29, 1.82) is 0 Å². The maximum absolute atomic E-state index is 12.3. The normalized spacial score (nSPS) is 27.9. The van der Waals surface area contributed by atoms with Crippen molar-refractivity contribution in [3.05, 3.63) is 24.3 Å². The molecule has 1 saturated heterocycles. The lowest BCUT2D eigenvalue weighted by molar-refractivity contribution is -0.119. The van der Waals surface area contributed by atoms with E-state index in [1.807, 2.05) is 6.07 Å². The zero-order chi connectivity index (χ0) is 18.8. The Balaban J connectivity index is 1.51. The number of rotatable bonds is 4.